The summed E-state index contributed by atoms with van der Waals surface area (Å²) in [4.78, 5) is 12.4. The minimum Gasteiger partial charge on any atom is -0.496 e. The standard InChI is InChI=1S/C18H21NO2/c1-5-14-8-6-7-12(2)17(14)19-18(20)15-9-10-16(21-4)13(3)11-15/h6-11H,5H2,1-4H3,(H,19,20). The quantitative estimate of drug-likeness (QED) is 0.916. The maximum absolute atomic E-state index is 12.4. The Bertz CT molecular complexity index is 662. The molecule has 1 amide bonds. The van der Waals surface area contributed by atoms with E-state index >= 15 is 0 Å². The van der Waals surface area contributed by atoms with Crippen LogP contribution in [0.2, 0.25) is 0 Å². The van der Waals surface area contributed by atoms with Crippen molar-refractivity contribution in [2.24, 2.45) is 0 Å². The Labute approximate surface area is 126 Å². The number of hydrogen-bond donors (Lipinski definition) is 1. The lowest BCUT2D eigenvalue weighted by atomic mass is 10.0. The molecular formula is C18H21NO2. The summed E-state index contributed by atoms with van der Waals surface area (Å²) in [6, 6.07) is 11.5. The van der Waals surface area contributed by atoms with Gasteiger partial charge in [0.25, 0.3) is 5.91 Å². The third kappa shape index (κ3) is 3.24. The molecule has 0 aliphatic heterocycles. The van der Waals surface area contributed by atoms with E-state index in [9.17, 15) is 4.79 Å². The smallest absolute Gasteiger partial charge is 0.255 e. The van der Waals surface area contributed by atoms with Gasteiger partial charge in [-0.1, -0.05) is 25.1 Å². The number of hydrogen-bond acceptors (Lipinski definition) is 2. The molecule has 0 atom stereocenters. The van der Waals surface area contributed by atoms with Crippen LogP contribution in [-0.4, -0.2) is 13.0 Å². The molecule has 0 bridgehead atoms. The summed E-state index contributed by atoms with van der Waals surface area (Å²) < 4.78 is 5.22. The van der Waals surface area contributed by atoms with Crippen LogP contribution in [0.25, 0.3) is 0 Å². The highest BCUT2D eigenvalue weighted by Crippen LogP contribution is 2.23. The first-order valence-electron chi connectivity index (χ1n) is 7.11. The first kappa shape index (κ1) is 15.1. The molecule has 0 fully saturated rings. The zero-order valence-corrected chi connectivity index (χ0v) is 13.0. The average molecular weight is 283 g/mol. The van der Waals surface area contributed by atoms with Crippen molar-refractivity contribution in [3.8, 4) is 5.75 Å². The molecular weight excluding hydrogens is 262 g/mol. The highest BCUT2D eigenvalue weighted by Gasteiger charge is 2.11. The summed E-state index contributed by atoms with van der Waals surface area (Å²) in [5, 5.41) is 3.03. The molecule has 2 aromatic carbocycles. The van der Waals surface area contributed by atoms with E-state index in [2.05, 4.69) is 12.2 Å². The third-order valence-corrected chi connectivity index (χ3v) is 3.64. The van der Waals surface area contributed by atoms with E-state index < -0.39 is 0 Å². The molecule has 110 valence electrons. The van der Waals surface area contributed by atoms with Gasteiger partial charge in [0.15, 0.2) is 0 Å². The number of methoxy groups -OCH3 is 1. The van der Waals surface area contributed by atoms with E-state index in [0.29, 0.717) is 5.56 Å². The number of nitrogens with one attached hydrogen (secondary N) is 1. The molecule has 2 rings (SSSR count). The SMILES string of the molecule is CCc1cccc(C)c1NC(=O)c1ccc(OC)c(C)c1. The zero-order chi connectivity index (χ0) is 15.4. The molecule has 0 unspecified atom stereocenters. The van der Waals surface area contributed by atoms with Crippen LogP contribution in [0.3, 0.4) is 0 Å². The molecule has 3 nitrogen and oxygen atoms in total. The summed E-state index contributed by atoms with van der Waals surface area (Å²) in [5.41, 5.74) is 4.73. The van der Waals surface area contributed by atoms with E-state index in [1.807, 2.05) is 44.2 Å². The normalized spacial score (nSPS) is 10.3. The first-order valence-corrected chi connectivity index (χ1v) is 7.11. The molecule has 2 aromatic rings. The Hall–Kier alpha value is -2.29. The number of benzene rings is 2. The zero-order valence-electron chi connectivity index (χ0n) is 13.0. The molecule has 0 radical (unpaired) electrons. The van der Waals surface area contributed by atoms with Crippen molar-refractivity contribution < 1.29 is 9.53 Å². The Kier molecular flexibility index (Phi) is 4.63. The molecule has 21 heavy (non-hydrogen) atoms. The molecule has 0 spiro atoms. The Morgan fingerprint density at radius 2 is 1.90 bits per heavy atom. The third-order valence-electron chi connectivity index (χ3n) is 3.64. The largest absolute Gasteiger partial charge is 0.496 e. The van der Waals surface area contributed by atoms with Crippen molar-refractivity contribution in [3.05, 3.63) is 58.7 Å². The van der Waals surface area contributed by atoms with Crippen molar-refractivity contribution in [1.29, 1.82) is 0 Å². The number of aryl methyl sites for hydroxylation is 3. The average Bonchev–Trinajstić information content (AvgIpc) is 2.49. The number of rotatable bonds is 4. The van der Waals surface area contributed by atoms with Gasteiger partial charge in [0, 0.05) is 11.3 Å². The van der Waals surface area contributed by atoms with Crippen LogP contribution >= 0.6 is 0 Å². The summed E-state index contributed by atoms with van der Waals surface area (Å²) in [6.45, 7) is 6.02. The van der Waals surface area contributed by atoms with Crippen molar-refractivity contribution in [2.45, 2.75) is 27.2 Å². The van der Waals surface area contributed by atoms with Crippen molar-refractivity contribution >= 4 is 11.6 Å². The number of ether oxygens (including phenoxy) is 1. The first-order chi connectivity index (χ1) is 10.1. The molecule has 0 saturated heterocycles. The molecule has 0 aromatic heterocycles. The number of anilines is 1. The highest BCUT2D eigenvalue weighted by molar-refractivity contribution is 6.05. The second-order valence-corrected chi connectivity index (χ2v) is 5.10. The summed E-state index contributed by atoms with van der Waals surface area (Å²) in [5.74, 6) is 0.696. The summed E-state index contributed by atoms with van der Waals surface area (Å²) >= 11 is 0. The molecule has 3 heteroatoms. The lowest BCUT2D eigenvalue weighted by Gasteiger charge is -2.13. The molecule has 0 aliphatic carbocycles. The van der Waals surface area contributed by atoms with Gasteiger partial charge in [0.05, 0.1) is 7.11 Å². The minimum atomic E-state index is -0.0928. The Morgan fingerprint density at radius 1 is 1.14 bits per heavy atom. The van der Waals surface area contributed by atoms with Crippen molar-refractivity contribution in [1.82, 2.24) is 0 Å². The highest BCUT2D eigenvalue weighted by atomic mass is 16.5. The van der Waals surface area contributed by atoms with Crippen molar-refractivity contribution in [2.75, 3.05) is 12.4 Å². The maximum Gasteiger partial charge on any atom is 0.255 e. The fraction of sp³-hybridized carbons (Fsp3) is 0.278. The van der Waals surface area contributed by atoms with Crippen LogP contribution in [-0.2, 0) is 6.42 Å². The lowest BCUT2D eigenvalue weighted by molar-refractivity contribution is 0.102. The van der Waals surface area contributed by atoms with E-state index in [0.717, 1.165) is 34.5 Å². The van der Waals surface area contributed by atoms with Gasteiger partial charge in [-0.05, 0) is 55.2 Å². The summed E-state index contributed by atoms with van der Waals surface area (Å²) in [7, 11) is 1.63. The van der Waals surface area contributed by atoms with Gasteiger partial charge in [-0.2, -0.15) is 0 Å². The predicted molar refractivity (Wildman–Crippen MR) is 86.2 cm³/mol. The Morgan fingerprint density at radius 3 is 2.52 bits per heavy atom. The van der Waals surface area contributed by atoms with E-state index in [1.54, 1.807) is 13.2 Å². The topological polar surface area (TPSA) is 38.3 Å². The van der Waals surface area contributed by atoms with Gasteiger partial charge < -0.3 is 10.1 Å². The van der Waals surface area contributed by atoms with E-state index in [1.165, 1.54) is 0 Å². The van der Waals surface area contributed by atoms with Gasteiger partial charge in [-0.25, -0.2) is 0 Å². The van der Waals surface area contributed by atoms with Gasteiger partial charge in [-0.3, -0.25) is 4.79 Å². The van der Waals surface area contributed by atoms with Gasteiger partial charge in [-0.15, -0.1) is 0 Å². The van der Waals surface area contributed by atoms with Crippen LogP contribution in [0, 0.1) is 13.8 Å². The van der Waals surface area contributed by atoms with Crippen LogP contribution in [0.1, 0.15) is 34.0 Å². The molecule has 1 N–H and O–H groups in total. The Balaban J connectivity index is 2.28. The number of para-hydroxylation sites is 1. The minimum absolute atomic E-state index is 0.0928. The fourth-order valence-electron chi connectivity index (χ4n) is 2.41. The predicted octanol–water partition coefficient (Wildman–Crippen LogP) is 4.13. The monoisotopic (exact) mass is 283 g/mol. The van der Waals surface area contributed by atoms with E-state index in [-0.39, 0.29) is 5.91 Å². The number of carbonyl (C=O) groups is 1. The number of carbonyl (C=O) groups excluding carboxylic acids is 1. The fourth-order valence-corrected chi connectivity index (χ4v) is 2.41. The van der Waals surface area contributed by atoms with E-state index in [4.69, 9.17) is 4.74 Å². The molecule has 0 heterocycles. The lowest BCUT2D eigenvalue weighted by Crippen LogP contribution is -2.14. The van der Waals surface area contributed by atoms with Crippen LogP contribution in [0.15, 0.2) is 36.4 Å². The van der Waals surface area contributed by atoms with Gasteiger partial charge >= 0.3 is 0 Å². The van der Waals surface area contributed by atoms with Crippen LogP contribution < -0.4 is 10.1 Å². The molecule has 0 aliphatic rings. The summed E-state index contributed by atoms with van der Waals surface area (Å²) in [6.07, 6.45) is 0.888. The van der Waals surface area contributed by atoms with Gasteiger partial charge in [0.2, 0.25) is 0 Å². The van der Waals surface area contributed by atoms with Crippen LogP contribution in [0.5, 0.6) is 5.75 Å². The maximum atomic E-state index is 12.4. The number of amides is 1. The van der Waals surface area contributed by atoms with Crippen LogP contribution in [0.4, 0.5) is 5.69 Å². The molecule has 0 saturated carbocycles. The second kappa shape index (κ2) is 6.44. The second-order valence-electron chi connectivity index (χ2n) is 5.10. The van der Waals surface area contributed by atoms with Gasteiger partial charge in [0.1, 0.15) is 5.75 Å². The van der Waals surface area contributed by atoms with Crippen molar-refractivity contribution in [3.63, 3.8) is 0 Å².